The third kappa shape index (κ3) is 6.37. The Kier molecular flexibility index (Phi) is 8.02. The van der Waals surface area contributed by atoms with Crippen LogP contribution in [0.15, 0.2) is 42.5 Å². The Morgan fingerprint density at radius 1 is 1.12 bits per heavy atom. The number of hydrogen-bond donors (Lipinski definition) is 5. The van der Waals surface area contributed by atoms with E-state index in [-0.39, 0.29) is 36.2 Å². The Morgan fingerprint density at radius 2 is 1.88 bits per heavy atom. The van der Waals surface area contributed by atoms with Crippen LogP contribution >= 0.6 is 11.6 Å². The highest BCUT2D eigenvalue weighted by Gasteiger charge is 2.47. The number of ether oxygens (including phenoxy) is 1. The van der Waals surface area contributed by atoms with Crippen molar-refractivity contribution in [1.29, 1.82) is 0 Å². The molecule has 3 aliphatic rings. The molecule has 5 N–H and O–H groups in total. The van der Waals surface area contributed by atoms with Crippen molar-refractivity contribution < 1.29 is 33.8 Å². The fraction of sp³-hybridized carbons (Fsp3) is 0.393. The number of fused-ring (bicyclic) bond motifs is 2. The van der Waals surface area contributed by atoms with Crippen LogP contribution in [0.25, 0.3) is 0 Å². The van der Waals surface area contributed by atoms with Gasteiger partial charge in [-0.25, -0.2) is 9.59 Å². The first-order chi connectivity index (χ1) is 19.6. The zero-order valence-corrected chi connectivity index (χ0v) is 22.8. The van der Waals surface area contributed by atoms with E-state index in [0.717, 1.165) is 19.3 Å². The zero-order valence-electron chi connectivity index (χ0n) is 22.1. The Balaban J connectivity index is 1.36. The molecule has 1 spiro atoms. The van der Waals surface area contributed by atoms with E-state index in [1.807, 2.05) is 0 Å². The lowest BCUT2D eigenvalue weighted by molar-refractivity contribution is -0.142. The maximum Gasteiger partial charge on any atom is 0.412 e. The number of nitrogens with one attached hydrogen (secondary N) is 4. The van der Waals surface area contributed by atoms with Gasteiger partial charge in [0.05, 0.1) is 18.7 Å². The van der Waals surface area contributed by atoms with Gasteiger partial charge in [-0.05, 0) is 74.6 Å². The number of hydrogen-bond acceptors (Lipinski definition) is 6. The van der Waals surface area contributed by atoms with Crippen molar-refractivity contribution in [2.24, 2.45) is 0 Å². The third-order valence-corrected chi connectivity index (χ3v) is 7.86. The number of halogens is 1. The molecule has 2 aromatic carbocycles. The molecule has 2 heterocycles. The second-order valence-corrected chi connectivity index (χ2v) is 10.9. The molecule has 1 saturated heterocycles. The van der Waals surface area contributed by atoms with Gasteiger partial charge in [0.1, 0.15) is 6.04 Å². The fourth-order valence-corrected chi connectivity index (χ4v) is 5.57. The Hall–Kier alpha value is -4.32. The van der Waals surface area contributed by atoms with Crippen LogP contribution in [0.3, 0.4) is 0 Å². The summed E-state index contributed by atoms with van der Waals surface area (Å²) in [5.41, 5.74) is 0.527. The van der Waals surface area contributed by atoms with Crippen molar-refractivity contribution in [2.45, 2.75) is 56.2 Å². The van der Waals surface area contributed by atoms with E-state index in [1.165, 1.54) is 29.2 Å². The van der Waals surface area contributed by atoms with Crippen molar-refractivity contribution in [2.75, 3.05) is 23.7 Å². The first-order valence-electron chi connectivity index (χ1n) is 13.4. The van der Waals surface area contributed by atoms with E-state index in [1.54, 1.807) is 18.2 Å². The van der Waals surface area contributed by atoms with Crippen molar-refractivity contribution in [1.82, 2.24) is 15.5 Å². The topological polar surface area (TPSA) is 166 Å². The summed E-state index contributed by atoms with van der Waals surface area (Å²) in [6.07, 6.45) is 1.57. The highest BCUT2D eigenvalue weighted by atomic mass is 35.5. The van der Waals surface area contributed by atoms with Crippen LogP contribution < -0.4 is 21.3 Å². The van der Waals surface area contributed by atoms with Crippen LogP contribution in [0, 0.1) is 0 Å². The predicted molar refractivity (Wildman–Crippen MR) is 149 cm³/mol. The molecule has 0 unspecified atom stereocenters. The van der Waals surface area contributed by atoms with Crippen LogP contribution in [0.2, 0.25) is 5.02 Å². The van der Waals surface area contributed by atoms with Crippen molar-refractivity contribution in [3.8, 4) is 0 Å². The second kappa shape index (κ2) is 11.7. The average Bonchev–Trinajstić information content (AvgIpc) is 2.90. The number of benzene rings is 2. The van der Waals surface area contributed by atoms with E-state index in [9.17, 15) is 24.0 Å². The SMILES string of the molecule is O=C(O)Nc1ccc(C(=O)N[C@@H](CC(=O)NC2CCC2)C(=O)N2CCC[C@@]3(C2)OC(=O)Nc2ccc(Cl)cc23)cc1. The molecular weight excluding hydrogens is 554 g/mol. The van der Waals surface area contributed by atoms with Gasteiger partial charge in [0.2, 0.25) is 11.8 Å². The lowest BCUT2D eigenvalue weighted by atomic mass is 9.83. The molecule has 5 amide bonds. The van der Waals surface area contributed by atoms with Gasteiger partial charge in [0.25, 0.3) is 5.91 Å². The van der Waals surface area contributed by atoms with E-state index >= 15 is 0 Å². The number of carbonyl (C=O) groups is 5. The summed E-state index contributed by atoms with van der Waals surface area (Å²) in [7, 11) is 0. The zero-order chi connectivity index (χ0) is 29.1. The van der Waals surface area contributed by atoms with Crippen LogP contribution in [0.1, 0.15) is 54.4 Å². The normalized spacial score (nSPS) is 20.5. The summed E-state index contributed by atoms with van der Waals surface area (Å²) < 4.78 is 5.78. The number of carboxylic acid groups (broad SMARTS) is 1. The van der Waals surface area contributed by atoms with Gasteiger partial charge in [-0.2, -0.15) is 0 Å². The molecule has 2 aliphatic heterocycles. The lowest BCUT2D eigenvalue weighted by Gasteiger charge is -2.45. The van der Waals surface area contributed by atoms with Crippen LogP contribution in [0.5, 0.6) is 0 Å². The summed E-state index contributed by atoms with van der Waals surface area (Å²) in [6, 6.07) is 9.59. The van der Waals surface area contributed by atoms with E-state index in [4.69, 9.17) is 21.4 Å². The Morgan fingerprint density at radius 3 is 2.56 bits per heavy atom. The van der Waals surface area contributed by atoms with Gasteiger partial charge in [-0.3, -0.25) is 25.0 Å². The number of anilines is 2. The van der Waals surface area contributed by atoms with Crippen LogP contribution in [0.4, 0.5) is 21.0 Å². The molecule has 12 nitrogen and oxygen atoms in total. The fourth-order valence-electron chi connectivity index (χ4n) is 5.40. The number of likely N-dealkylation sites (tertiary alicyclic amines) is 1. The predicted octanol–water partition coefficient (Wildman–Crippen LogP) is 3.67. The number of carbonyl (C=O) groups excluding carboxylic acids is 4. The highest BCUT2D eigenvalue weighted by molar-refractivity contribution is 6.30. The molecule has 2 fully saturated rings. The van der Waals surface area contributed by atoms with Crippen molar-refractivity contribution in [3.05, 3.63) is 58.6 Å². The number of piperidine rings is 1. The van der Waals surface area contributed by atoms with Crippen molar-refractivity contribution >= 4 is 52.9 Å². The first kappa shape index (κ1) is 28.2. The molecule has 5 rings (SSSR count). The monoisotopic (exact) mass is 583 g/mol. The van der Waals surface area contributed by atoms with E-state index in [2.05, 4.69) is 21.3 Å². The second-order valence-electron chi connectivity index (χ2n) is 10.5. The first-order valence-corrected chi connectivity index (χ1v) is 13.8. The summed E-state index contributed by atoms with van der Waals surface area (Å²) in [5.74, 6) is -1.44. The molecule has 0 aromatic heterocycles. The van der Waals surface area contributed by atoms with Gasteiger partial charge in [-0.15, -0.1) is 0 Å². The molecule has 13 heteroatoms. The van der Waals surface area contributed by atoms with Gasteiger partial charge in [0.15, 0.2) is 5.60 Å². The number of nitrogens with zero attached hydrogens (tertiary/aromatic N) is 1. The largest absolute Gasteiger partial charge is 0.465 e. The van der Waals surface area contributed by atoms with E-state index in [0.29, 0.717) is 35.7 Å². The smallest absolute Gasteiger partial charge is 0.412 e. The molecule has 2 aromatic rings. The molecule has 1 aliphatic carbocycles. The van der Waals surface area contributed by atoms with Gasteiger partial charge >= 0.3 is 12.2 Å². The summed E-state index contributed by atoms with van der Waals surface area (Å²) in [4.78, 5) is 64.7. The Bertz CT molecular complexity index is 1380. The molecule has 2 atom stereocenters. The maximum atomic E-state index is 13.9. The summed E-state index contributed by atoms with van der Waals surface area (Å²) in [5, 5.41) is 19.8. The highest BCUT2D eigenvalue weighted by Crippen LogP contribution is 2.43. The number of amides is 5. The van der Waals surface area contributed by atoms with Gasteiger partial charge in [-0.1, -0.05) is 11.6 Å². The average molecular weight is 584 g/mol. The third-order valence-electron chi connectivity index (χ3n) is 7.63. The van der Waals surface area contributed by atoms with Crippen LogP contribution in [-0.4, -0.2) is 65.1 Å². The standard InChI is InChI=1S/C28H30ClN5O7/c29-17-7-10-21-20(13-17)28(41-27(40)33-21)11-2-12-34(15-28)25(37)22(14-23(35)30-18-3-1-4-18)32-24(36)16-5-8-19(9-6-16)31-26(38)39/h5-10,13,18,22,31H,1-4,11-12,14-15H2,(H,30,35)(H,32,36)(H,33,40)(H,38,39)/t22-,28-/m0/s1. The number of rotatable bonds is 7. The molecule has 0 radical (unpaired) electrons. The summed E-state index contributed by atoms with van der Waals surface area (Å²) in [6.45, 7) is 0.367. The molecule has 1 saturated carbocycles. The minimum Gasteiger partial charge on any atom is -0.465 e. The van der Waals surface area contributed by atoms with Crippen LogP contribution in [-0.2, 0) is 19.9 Å². The van der Waals surface area contributed by atoms with Crippen molar-refractivity contribution in [3.63, 3.8) is 0 Å². The maximum absolute atomic E-state index is 13.9. The molecular formula is C28H30ClN5O7. The van der Waals surface area contributed by atoms with Gasteiger partial charge in [0, 0.05) is 34.4 Å². The lowest BCUT2D eigenvalue weighted by Crippen LogP contribution is -2.58. The van der Waals surface area contributed by atoms with E-state index < -0.39 is 35.6 Å². The van der Waals surface area contributed by atoms with Gasteiger partial charge < -0.3 is 25.4 Å². The molecule has 41 heavy (non-hydrogen) atoms. The minimum atomic E-state index is -1.24. The Labute approximate surface area is 240 Å². The minimum absolute atomic E-state index is 0.0266. The quantitative estimate of drug-likeness (QED) is 0.331. The molecule has 216 valence electrons. The summed E-state index contributed by atoms with van der Waals surface area (Å²) >= 11 is 6.26. The molecule has 0 bridgehead atoms.